The first-order chi connectivity index (χ1) is 6.11. The van der Waals surface area contributed by atoms with Crippen molar-refractivity contribution in [1.29, 1.82) is 0 Å². The second-order valence-corrected chi connectivity index (χ2v) is 2.61. The maximum Gasteiger partial charge on any atom is 0.305 e. The molecule has 0 saturated carbocycles. The molecule has 70 valence electrons. The molecule has 0 saturated heterocycles. The molecule has 1 heterocycles. The molecule has 0 fully saturated rings. The Labute approximate surface area is 74.8 Å². The number of aromatic hydroxyl groups is 1. The molecule has 1 atom stereocenters. The molecule has 13 heavy (non-hydrogen) atoms. The van der Waals surface area contributed by atoms with Gasteiger partial charge in [0.1, 0.15) is 5.75 Å². The number of carbonyl (C=O) groups is 1. The fraction of sp³-hybridized carbons (Fsp3) is 0.250. The summed E-state index contributed by atoms with van der Waals surface area (Å²) in [4.78, 5) is 14.1. The van der Waals surface area contributed by atoms with Crippen LogP contribution in [0.15, 0.2) is 18.3 Å². The molecule has 4 N–H and O–H groups in total. The molecule has 5 nitrogen and oxygen atoms in total. The molecule has 0 aromatic carbocycles. The molecule has 0 spiro atoms. The van der Waals surface area contributed by atoms with Gasteiger partial charge in [-0.2, -0.15) is 0 Å². The number of rotatable bonds is 3. The molecule has 0 radical (unpaired) electrons. The van der Waals surface area contributed by atoms with Gasteiger partial charge in [0.05, 0.1) is 18.2 Å². The average molecular weight is 182 g/mol. The summed E-state index contributed by atoms with van der Waals surface area (Å²) in [7, 11) is 0. The number of pyridine rings is 1. The van der Waals surface area contributed by atoms with Gasteiger partial charge in [0.15, 0.2) is 0 Å². The number of hydrogen-bond acceptors (Lipinski definition) is 4. The monoisotopic (exact) mass is 182 g/mol. The first-order valence-electron chi connectivity index (χ1n) is 3.72. The SMILES string of the molecule is N[C@@H](CC(=O)O)c1ncccc1O. The Hall–Kier alpha value is -1.62. The van der Waals surface area contributed by atoms with Crippen molar-refractivity contribution in [3.05, 3.63) is 24.0 Å². The Kier molecular flexibility index (Phi) is 2.81. The number of nitrogens with zero attached hydrogens (tertiary/aromatic N) is 1. The first-order valence-corrected chi connectivity index (χ1v) is 3.72. The minimum atomic E-state index is -1.02. The van der Waals surface area contributed by atoms with E-state index in [1.165, 1.54) is 12.3 Å². The van der Waals surface area contributed by atoms with Gasteiger partial charge < -0.3 is 15.9 Å². The molecule has 0 aliphatic rings. The standard InChI is InChI=1S/C8H10N2O3/c9-5(4-7(12)13)8-6(11)2-1-3-10-8/h1-3,5,11H,4,9H2,(H,12,13)/t5-/m0/s1. The van der Waals surface area contributed by atoms with Crippen LogP contribution in [0, 0.1) is 0 Å². The molecular formula is C8H10N2O3. The molecular weight excluding hydrogens is 172 g/mol. The fourth-order valence-electron chi connectivity index (χ4n) is 0.980. The predicted molar refractivity (Wildman–Crippen MR) is 45.1 cm³/mol. The summed E-state index contributed by atoms with van der Waals surface area (Å²) in [5.74, 6) is -1.09. The third-order valence-electron chi connectivity index (χ3n) is 1.56. The zero-order valence-electron chi connectivity index (χ0n) is 6.84. The van der Waals surface area contributed by atoms with Gasteiger partial charge >= 0.3 is 5.97 Å². The summed E-state index contributed by atoms with van der Waals surface area (Å²) in [5, 5.41) is 17.7. The van der Waals surface area contributed by atoms with Gasteiger partial charge in [0.25, 0.3) is 0 Å². The zero-order chi connectivity index (χ0) is 9.84. The Morgan fingerprint density at radius 2 is 2.38 bits per heavy atom. The van der Waals surface area contributed by atoms with E-state index in [2.05, 4.69) is 4.98 Å². The van der Waals surface area contributed by atoms with Crippen LogP contribution in [0.1, 0.15) is 18.2 Å². The van der Waals surface area contributed by atoms with Gasteiger partial charge in [0, 0.05) is 6.20 Å². The maximum atomic E-state index is 10.3. The van der Waals surface area contributed by atoms with Crippen LogP contribution < -0.4 is 5.73 Å². The maximum absolute atomic E-state index is 10.3. The Morgan fingerprint density at radius 1 is 1.69 bits per heavy atom. The second-order valence-electron chi connectivity index (χ2n) is 2.61. The molecule has 0 bridgehead atoms. The summed E-state index contributed by atoms with van der Waals surface area (Å²) < 4.78 is 0. The van der Waals surface area contributed by atoms with E-state index in [1.807, 2.05) is 0 Å². The highest BCUT2D eigenvalue weighted by Gasteiger charge is 2.14. The van der Waals surface area contributed by atoms with Crippen LogP contribution in [0.5, 0.6) is 5.75 Å². The van der Waals surface area contributed by atoms with Crippen molar-refractivity contribution in [3.63, 3.8) is 0 Å². The molecule has 0 unspecified atom stereocenters. The molecule has 1 rings (SSSR count). The summed E-state index contributed by atoms with van der Waals surface area (Å²) in [5.41, 5.74) is 5.71. The van der Waals surface area contributed by atoms with E-state index < -0.39 is 12.0 Å². The molecule has 1 aromatic heterocycles. The number of aliphatic carboxylic acids is 1. The quantitative estimate of drug-likeness (QED) is 0.623. The first kappa shape index (κ1) is 9.47. The zero-order valence-corrected chi connectivity index (χ0v) is 6.84. The van der Waals surface area contributed by atoms with Crippen LogP contribution in [-0.2, 0) is 4.79 Å². The van der Waals surface area contributed by atoms with E-state index in [4.69, 9.17) is 10.8 Å². The highest BCUT2D eigenvalue weighted by molar-refractivity contribution is 5.67. The molecule has 0 aliphatic carbocycles. The smallest absolute Gasteiger partial charge is 0.305 e. The third kappa shape index (κ3) is 2.41. The van der Waals surface area contributed by atoms with Gasteiger partial charge in [-0.05, 0) is 12.1 Å². The van der Waals surface area contributed by atoms with Crippen LogP contribution >= 0.6 is 0 Å². The van der Waals surface area contributed by atoms with E-state index in [0.29, 0.717) is 0 Å². The molecule has 0 aliphatic heterocycles. The van der Waals surface area contributed by atoms with E-state index in [1.54, 1.807) is 6.07 Å². The van der Waals surface area contributed by atoms with Gasteiger partial charge in [-0.3, -0.25) is 9.78 Å². The van der Waals surface area contributed by atoms with Crippen molar-refractivity contribution >= 4 is 5.97 Å². The van der Waals surface area contributed by atoms with Crippen molar-refractivity contribution in [2.75, 3.05) is 0 Å². The van der Waals surface area contributed by atoms with Gasteiger partial charge in [-0.15, -0.1) is 0 Å². The van der Waals surface area contributed by atoms with Crippen molar-refractivity contribution in [2.24, 2.45) is 5.73 Å². The van der Waals surface area contributed by atoms with E-state index in [9.17, 15) is 9.90 Å². The third-order valence-corrected chi connectivity index (χ3v) is 1.56. The Balaban J connectivity index is 2.82. The molecule has 1 aromatic rings. The van der Waals surface area contributed by atoms with Crippen molar-refractivity contribution < 1.29 is 15.0 Å². The van der Waals surface area contributed by atoms with Crippen LogP contribution in [0.2, 0.25) is 0 Å². The van der Waals surface area contributed by atoms with Crippen LogP contribution in [0.4, 0.5) is 0 Å². The van der Waals surface area contributed by atoms with Crippen molar-refractivity contribution in [2.45, 2.75) is 12.5 Å². The van der Waals surface area contributed by atoms with Crippen LogP contribution in [0.3, 0.4) is 0 Å². The lowest BCUT2D eigenvalue weighted by Gasteiger charge is -2.08. The Morgan fingerprint density at radius 3 is 2.92 bits per heavy atom. The minimum Gasteiger partial charge on any atom is -0.506 e. The van der Waals surface area contributed by atoms with E-state index in [0.717, 1.165) is 0 Å². The minimum absolute atomic E-state index is 0.0729. The number of nitrogens with two attached hydrogens (primary N) is 1. The summed E-state index contributed by atoms with van der Waals surface area (Å²) in [6, 6.07) is 2.20. The largest absolute Gasteiger partial charge is 0.506 e. The highest BCUT2D eigenvalue weighted by Crippen LogP contribution is 2.20. The lowest BCUT2D eigenvalue weighted by molar-refractivity contribution is -0.137. The lowest BCUT2D eigenvalue weighted by atomic mass is 10.1. The topological polar surface area (TPSA) is 96.4 Å². The van der Waals surface area contributed by atoms with Gasteiger partial charge in [-0.1, -0.05) is 0 Å². The van der Waals surface area contributed by atoms with Crippen molar-refractivity contribution in [1.82, 2.24) is 4.98 Å². The number of carboxylic acids is 1. The molecule has 0 amide bonds. The summed E-state index contributed by atoms with van der Waals surface area (Å²) in [6.45, 7) is 0. The normalized spacial score (nSPS) is 12.4. The van der Waals surface area contributed by atoms with Crippen molar-refractivity contribution in [3.8, 4) is 5.75 Å². The molecule has 5 heteroatoms. The lowest BCUT2D eigenvalue weighted by Crippen LogP contribution is -2.16. The second kappa shape index (κ2) is 3.86. The van der Waals surface area contributed by atoms with Crippen LogP contribution in [-0.4, -0.2) is 21.2 Å². The average Bonchev–Trinajstić information content (AvgIpc) is 2.03. The summed E-state index contributed by atoms with van der Waals surface area (Å²) >= 11 is 0. The van der Waals surface area contributed by atoms with Crippen LogP contribution in [0.25, 0.3) is 0 Å². The number of carboxylic acid groups (broad SMARTS) is 1. The number of hydrogen-bond donors (Lipinski definition) is 3. The Bertz CT molecular complexity index is 314. The fourth-order valence-corrected chi connectivity index (χ4v) is 0.980. The predicted octanol–water partition coefficient (Wildman–Crippen LogP) is 0.262. The summed E-state index contributed by atoms with van der Waals surface area (Å²) in [6.07, 6.45) is 1.21. The van der Waals surface area contributed by atoms with E-state index in [-0.39, 0.29) is 17.9 Å². The van der Waals surface area contributed by atoms with Gasteiger partial charge in [-0.25, -0.2) is 0 Å². The van der Waals surface area contributed by atoms with E-state index >= 15 is 0 Å². The van der Waals surface area contributed by atoms with Gasteiger partial charge in [0.2, 0.25) is 0 Å². The number of aromatic nitrogens is 1. The highest BCUT2D eigenvalue weighted by atomic mass is 16.4.